The zero-order valence-corrected chi connectivity index (χ0v) is 13.1. The molecule has 1 saturated heterocycles. The summed E-state index contributed by atoms with van der Waals surface area (Å²) in [5, 5.41) is 12.7. The van der Waals surface area contributed by atoms with Gasteiger partial charge in [-0.25, -0.2) is 4.98 Å². The number of hydrogen-bond donors (Lipinski definition) is 1. The molecular weight excluding hydrogens is 288 g/mol. The average Bonchev–Trinajstić information content (AvgIpc) is 2.89. The number of halogens is 1. The molecule has 1 N–H and O–H groups in total. The van der Waals surface area contributed by atoms with Crippen molar-refractivity contribution in [3.63, 3.8) is 0 Å². The maximum atomic E-state index is 9.41. The summed E-state index contributed by atoms with van der Waals surface area (Å²) in [4.78, 5) is 6.67. The topological polar surface area (TPSA) is 61.2 Å². The first-order chi connectivity index (χ1) is 9.79. The molecule has 1 aromatic heterocycles. The third-order valence-corrected chi connectivity index (χ3v) is 4.31. The van der Waals surface area contributed by atoms with Gasteiger partial charge in [-0.3, -0.25) is 0 Å². The number of pyridine rings is 1. The summed E-state index contributed by atoms with van der Waals surface area (Å²) in [5.41, 5.74) is 2.84. The standard InChI is InChI=1S/C15H20N4O.ClH/c1-19-6-2-3-12(19)10-20-15-13(7-16)14-9-17-5-4-11(14)8-18-15;/h8,12,17H,2-6,9-10H2,1H3;1H/t12-;/m0./s1. The molecule has 2 aliphatic rings. The van der Waals surface area contributed by atoms with Gasteiger partial charge in [0, 0.05) is 18.8 Å². The number of nitrogens with zero attached hydrogens (tertiary/aromatic N) is 3. The van der Waals surface area contributed by atoms with E-state index in [9.17, 15) is 5.26 Å². The van der Waals surface area contributed by atoms with Crippen molar-refractivity contribution in [2.24, 2.45) is 0 Å². The zero-order valence-electron chi connectivity index (χ0n) is 12.3. The molecule has 3 heterocycles. The van der Waals surface area contributed by atoms with Crippen molar-refractivity contribution < 1.29 is 4.74 Å². The van der Waals surface area contributed by atoms with Gasteiger partial charge >= 0.3 is 0 Å². The quantitative estimate of drug-likeness (QED) is 0.917. The van der Waals surface area contributed by atoms with Crippen LogP contribution in [0, 0.1) is 11.3 Å². The summed E-state index contributed by atoms with van der Waals surface area (Å²) in [5.74, 6) is 0.496. The SMILES string of the molecule is CN1CCC[C@H]1COc1ncc2c(c1C#N)CNCC2.Cl. The van der Waals surface area contributed by atoms with Crippen LogP contribution in [0.15, 0.2) is 6.20 Å². The van der Waals surface area contributed by atoms with Gasteiger partial charge < -0.3 is 15.0 Å². The predicted octanol–water partition coefficient (Wildman–Crippen LogP) is 1.49. The van der Waals surface area contributed by atoms with E-state index < -0.39 is 0 Å². The minimum Gasteiger partial charge on any atom is -0.475 e. The smallest absolute Gasteiger partial charge is 0.232 e. The van der Waals surface area contributed by atoms with Crippen molar-refractivity contribution in [3.8, 4) is 11.9 Å². The molecular formula is C15H21ClN4O. The molecule has 0 unspecified atom stereocenters. The zero-order chi connectivity index (χ0) is 13.9. The van der Waals surface area contributed by atoms with E-state index in [-0.39, 0.29) is 12.4 Å². The molecule has 114 valence electrons. The molecule has 6 heteroatoms. The molecule has 0 spiro atoms. The first kappa shape index (κ1) is 16.0. The largest absolute Gasteiger partial charge is 0.475 e. The van der Waals surface area contributed by atoms with Crippen LogP contribution in [0.1, 0.15) is 29.5 Å². The Kier molecular flexibility index (Phi) is 5.40. The Labute approximate surface area is 131 Å². The lowest BCUT2D eigenvalue weighted by molar-refractivity contribution is 0.192. The molecule has 0 radical (unpaired) electrons. The van der Waals surface area contributed by atoms with E-state index in [1.807, 2.05) is 6.20 Å². The number of hydrogen-bond acceptors (Lipinski definition) is 5. The van der Waals surface area contributed by atoms with Crippen molar-refractivity contribution in [1.82, 2.24) is 15.2 Å². The van der Waals surface area contributed by atoms with Crippen LogP contribution in [0.25, 0.3) is 0 Å². The third kappa shape index (κ3) is 3.29. The van der Waals surface area contributed by atoms with Crippen LogP contribution < -0.4 is 10.1 Å². The van der Waals surface area contributed by atoms with Crippen LogP contribution in [0.3, 0.4) is 0 Å². The fourth-order valence-electron chi connectivity index (χ4n) is 3.01. The number of nitriles is 1. The van der Waals surface area contributed by atoms with Crippen molar-refractivity contribution in [2.75, 3.05) is 26.7 Å². The Hall–Kier alpha value is -1.35. The van der Waals surface area contributed by atoms with Gasteiger partial charge in [-0.2, -0.15) is 5.26 Å². The highest BCUT2D eigenvalue weighted by molar-refractivity contribution is 5.85. The van der Waals surface area contributed by atoms with E-state index in [1.165, 1.54) is 12.0 Å². The summed E-state index contributed by atoms with van der Waals surface area (Å²) in [7, 11) is 2.12. The lowest BCUT2D eigenvalue weighted by Crippen LogP contribution is -2.31. The van der Waals surface area contributed by atoms with Crippen LogP contribution in [-0.2, 0) is 13.0 Å². The van der Waals surface area contributed by atoms with E-state index in [0.717, 1.165) is 38.0 Å². The minimum atomic E-state index is 0. The van der Waals surface area contributed by atoms with E-state index in [2.05, 4.69) is 28.3 Å². The number of nitrogens with one attached hydrogen (secondary N) is 1. The number of aromatic nitrogens is 1. The highest BCUT2D eigenvalue weighted by Gasteiger charge is 2.23. The van der Waals surface area contributed by atoms with Crippen LogP contribution in [0.2, 0.25) is 0 Å². The summed E-state index contributed by atoms with van der Waals surface area (Å²) in [6.07, 6.45) is 5.18. The van der Waals surface area contributed by atoms with Gasteiger partial charge in [0.1, 0.15) is 18.2 Å². The number of ether oxygens (including phenoxy) is 1. The van der Waals surface area contributed by atoms with Crippen LogP contribution in [0.4, 0.5) is 0 Å². The molecule has 0 bridgehead atoms. The van der Waals surface area contributed by atoms with Gasteiger partial charge in [-0.15, -0.1) is 12.4 Å². The average molecular weight is 309 g/mol. The van der Waals surface area contributed by atoms with Gasteiger partial charge in [0.25, 0.3) is 0 Å². The molecule has 1 atom stereocenters. The lowest BCUT2D eigenvalue weighted by Gasteiger charge is -2.22. The first-order valence-corrected chi connectivity index (χ1v) is 7.24. The molecule has 0 aliphatic carbocycles. The summed E-state index contributed by atoms with van der Waals surface area (Å²) >= 11 is 0. The summed E-state index contributed by atoms with van der Waals surface area (Å²) in [6.45, 7) is 3.43. The Morgan fingerprint density at radius 3 is 3.14 bits per heavy atom. The number of likely N-dealkylation sites (tertiary alicyclic amines) is 1. The third-order valence-electron chi connectivity index (χ3n) is 4.31. The molecule has 1 aromatic rings. The van der Waals surface area contributed by atoms with Gasteiger partial charge in [-0.05, 0) is 50.5 Å². The Morgan fingerprint density at radius 2 is 2.43 bits per heavy atom. The maximum absolute atomic E-state index is 9.41. The van der Waals surface area contributed by atoms with Crippen molar-refractivity contribution in [2.45, 2.75) is 31.8 Å². The molecule has 0 saturated carbocycles. The van der Waals surface area contributed by atoms with Gasteiger partial charge in [0.2, 0.25) is 5.88 Å². The number of fused-ring (bicyclic) bond motifs is 1. The lowest BCUT2D eigenvalue weighted by atomic mass is 9.99. The second-order valence-corrected chi connectivity index (χ2v) is 5.57. The van der Waals surface area contributed by atoms with Gasteiger partial charge in [-0.1, -0.05) is 0 Å². The number of rotatable bonds is 3. The van der Waals surface area contributed by atoms with Crippen LogP contribution in [-0.4, -0.2) is 42.7 Å². The van der Waals surface area contributed by atoms with E-state index >= 15 is 0 Å². The molecule has 1 fully saturated rings. The maximum Gasteiger partial charge on any atom is 0.232 e. The van der Waals surface area contributed by atoms with Crippen LogP contribution in [0.5, 0.6) is 5.88 Å². The van der Waals surface area contributed by atoms with Crippen molar-refractivity contribution >= 4 is 12.4 Å². The predicted molar refractivity (Wildman–Crippen MR) is 82.8 cm³/mol. The Bertz CT molecular complexity index is 543. The van der Waals surface area contributed by atoms with E-state index in [4.69, 9.17) is 4.74 Å². The molecule has 3 rings (SSSR count). The normalized spacial score (nSPS) is 21.2. The van der Waals surface area contributed by atoms with Crippen LogP contribution >= 0.6 is 12.4 Å². The summed E-state index contributed by atoms with van der Waals surface area (Å²) in [6, 6.07) is 2.71. The molecule has 21 heavy (non-hydrogen) atoms. The van der Waals surface area contributed by atoms with Gasteiger partial charge in [0.15, 0.2) is 0 Å². The first-order valence-electron chi connectivity index (χ1n) is 7.24. The second-order valence-electron chi connectivity index (χ2n) is 5.57. The van der Waals surface area contributed by atoms with Crippen molar-refractivity contribution in [3.05, 3.63) is 22.9 Å². The molecule has 2 aliphatic heterocycles. The monoisotopic (exact) mass is 308 g/mol. The fourth-order valence-corrected chi connectivity index (χ4v) is 3.01. The number of likely N-dealkylation sites (N-methyl/N-ethyl adjacent to an activating group) is 1. The molecule has 0 amide bonds. The van der Waals surface area contributed by atoms with Gasteiger partial charge in [0.05, 0.1) is 0 Å². The highest BCUT2D eigenvalue weighted by Crippen LogP contribution is 2.25. The second kappa shape index (κ2) is 7.08. The molecule has 0 aromatic carbocycles. The van der Waals surface area contributed by atoms with E-state index in [0.29, 0.717) is 24.1 Å². The molecule has 5 nitrogen and oxygen atoms in total. The Balaban J connectivity index is 0.00000161. The highest BCUT2D eigenvalue weighted by atomic mass is 35.5. The fraction of sp³-hybridized carbons (Fsp3) is 0.600. The van der Waals surface area contributed by atoms with Crippen molar-refractivity contribution in [1.29, 1.82) is 5.26 Å². The Morgan fingerprint density at radius 1 is 1.57 bits per heavy atom. The van der Waals surface area contributed by atoms with E-state index in [1.54, 1.807) is 0 Å². The minimum absolute atomic E-state index is 0. The summed E-state index contributed by atoms with van der Waals surface area (Å²) < 4.78 is 5.85.